The van der Waals surface area contributed by atoms with Crippen LogP contribution in [0.2, 0.25) is 0 Å². The Morgan fingerprint density at radius 1 is 1.29 bits per heavy atom. The van der Waals surface area contributed by atoms with Crippen LogP contribution in [0.15, 0.2) is 24.3 Å². The average molecular weight is 412 g/mol. The number of para-hydroxylation sites is 1. The number of benzene rings is 1. The van der Waals surface area contributed by atoms with E-state index in [1.165, 1.54) is 20.9 Å². The molecule has 1 unspecified atom stereocenters. The number of hydrogen-bond acceptors (Lipinski definition) is 5. The quantitative estimate of drug-likeness (QED) is 0.655. The van der Waals surface area contributed by atoms with E-state index in [0.717, 1.165) is 53.4 Å². The molecular formula is C21H23N4OS2+. The highest BCUT2D eigenvalue weighted by atomic mass is 32.1. The number of nitrogens with one attached hydrogen (secondary N) is 2. The lowest BCUT2D eigenvalue weighted by atomic mass is 9.96. The molecule has 1 aliphatic carbocycles. The first-order chi connectivity index (χ1) is 13.6. The van der Waals surface area contributed by atoms with Crippen LogP contribution in [0.1, 0.15) is 40.3 Å². The SMILES string of the molecule is C[NH+](CCC(=O)Nc1sc2c(c1C#N)CCCC2)Cc1nc2ccccc2s1. The standard InChI is InChI=1S/C21H22N4OS2/c1-25(13-20-23-16-7-3-5-9-18(16)27-20)11-10-19(26)24-21-15(12-22)14-6-2-4-8-17(14)28-21/h3,5,7,9H,2,4,6,8,10-11,13H2,1H3,(H,24,26)/p+1. The van der Waals surface area contributed by atoms with E-state index >= 15 is 0 Å². The Hall–Kier alpha value is -2.27. The van der Waals surface area contributed by atoms with E-state index in [4.69, 9.17) is 0 Å². The maximum atomic E-state index is 12.5. The fraction of sp³-hybridized carbons (Fsp3) is 0.381. The van der Waals surface area contributed by atoms with Gasteiger partial charge in [-0.25, -0.2) is 4.98 Å². The first-order valence-electron chi connectivity index (χ1n) is 9.64. The molecule has 3 aromatic rings. The Bertz CT molecular complexity index is 1010. The Balaban J connectivity index is 1.33. The predicted molar refractivity (Wildman–Crippen MR) is 114 cm³/mol. The third-order valence-electron chi connectivity index (χ3n) is 5.11. The number of thiazole rings is 1. The van der Waals surface area contributed by atoms with Crippen molar-refractivity contribution < 1.29 is 9.69 Å². The third-order valence-corrected chi connectivity index (χ3v) is 7.35. The Morgan fingerprint density at radius 3 is 2.93 bits per heavy atom. The highest BCUT2D eigenvalue weighted by molar-refractivity contribution is 7.18. The summed E-state index contributed by atoms with van der Waals surface area (Å²) < 4.78 is 1.20. The van der Waals surface area contributed by atoms with Crippen LogP contribution in [-0.4, -0.2) is 24.5 Å². The van der Waals surface area contributed by atoms with Gasteiger partial charge in [0.2, 0.25) is 5.91 Å². The van der Waals surface area contributed by atoms with Gasteiger partial charge in [0.25, 0.3) is 0 Å². The number of thiophene rings is 1. The van der Waals surface area contributed by atoms with E-state index in [1.54, 1.807) is 22.7 Å². The lowest BCUT2D eigenvalue weighted by molar-refractivity contribution is -0.893. The van der Waals surface area contributed by atoms with E-state index < -0.39 is 0 Å². The summed E-state index contributed by atoms with van der Waals surface area (Å²) >= 11 is 3.30. The summed E-state index contributed by atoms with van der Waals surface area (Å²) in [6.45, 7) is 1.54. The number of nitrogens with zero attached hydrogens (tertiary/aromatic N) is 2. The topological polar surface area (TPSA) is 70.2 Å². The summed E-state index contributed by atoms with van der Waals surface area (Å²) in [5.41, 5.74) is 2.88. The minimum Gasteiger partial charge on any atom is -0.331 e. The minimum absolute atomic E-state index is 0.0150. The lowest BCUT2D eigenvalue weighted by Gasteiger charge is -2.12. The van der Waals surface area contributed by atoms with E-state index in [-0.39, 0.29) is 5.91 Å². The molecule has 2 aromatic heterocycles. The molecule has 1 atom stereocenters. The molecule has 7 heteroatoms. The molecule has 2 heterocycles. The molecule has 0 aliphatic heterocycles. The number of anilines is 1. The van der Waals surface area contributed by atoms with Crippen LogP contribution in [0, 0.1) is 11.3 Å². The van der Waals surface area contributed by atoms with Crippen molar-refractivity contribution >= 4 is 43.8 Å². The third kappa shape index (κ3) is 4.09. The Morgan fingerprint density at radius 2 is 2.11 bits per heavy atom. The second-order valence-electron chi connectivity index (χ2n) is 7.28. The van der Waals surface area contributed by atoms with Crippen molar-refractivity contribution in [1.82, 2.24) is 4.98 Å². The van der Waals surface area contributed by atoms with Crippen LogP contribution in [-0.2, 0) is 24.2 Å². The summed E-state index contributed by atoms with van der Waals surface area (Å²) in [6, 6.07) is 10.5. The smallest absolute Gasteiger partial charge is 0.230 e. The highest BCUT2D eigenvalue weighted by Crippen LogP contribution is 2.37. The van der Waals surface area contributed by atoms with Crippen molar-refractivity contribution in [3.63, 3.8) is 0 Å². The van der Waals surface area contributed by atoms with Crippen LogP contribution in [0.25, 0.3) is 10.2 Å². The second-order valence-corrected chi connectivity index (χ2v) is 9.50. The number of hydrogen-bond donors (Lipinski definition) is 2. The zero-order chi connectivity index (χ0) is 19.5. The van der Waals surface area contributed by atoms with Crippen molar-refractivity contribution in [2.24, 2.45) is 0 Å². The molecule has 4 rings (SSSR count). The fourth-order valence-electron chi connectivity index (χ4n) is 3.63. The second kappa shape index (κ2) is 8.39. The molecular weight excluding hydrogens is 388 g/mol. The molecule has 5 nitrogen and oxygen atoms in total. The van der Waals surface area contributed by atoms with Gasteiger partial charge in [0.15, 0.2) is 0 Å². The number of rotatable bonds is 6. The van der Waals surface area contributed by atoms with Gasteiger partial charge in [-0.2, -0.15) is 5.26 Å². The largest absolute Gasteiger partial charge is 0.331 e. The number of amides is 1. The van der Waals surface area contributed by atoms with Gasteiger partial charge in [-0.3, -0.25) is 4.79 Å². The number of carbonyl (C=O) groups is 1. The monoisotopic (exact) mass is 411 g/mol. The molecule has 2 N–H and O–H groups in total. The molecule has 0 spiro atoms. The van der Waals surface area contributed by atoms with Gasteiger partial charge in [-0.05, 0) is 43.4 Å². The first-order valence-corrected chi connectivity index (χ1v) is 11.3. The summed E-state index contributed by atoms with van der Waals surface area (Å²) in [7, 11) is 2.09. The minimum atomic E-state index is -0.0150. The van der Waals surface area contributed by atoms with Crippen LogP contribution in [0.3, 0.4) is 0 Å². The van der Waals surface area contributed by atoms with Gasteiger partial charge in [0, 0.05) is 4.88 Å². The molecule has 1 amide bonds. The predicted octanol–water partition coefficient (Wildman–Crippen LogP) is 3.15. The number of nitriles is 1. The summed E-state index contributed by atoms with van der Waals surface area (Å²) in [4.78, 5) is 19.6. The zero-order valence-corrected chi connectivity index (χ0v) is 17.5. The summed E-state index contributed by atoms with van der Waals surface area (Å²) in [6.07, 6.45) is 4.72. The maximum Gasteiger partial charge on any atom is 0.230 e. The molecule has 144 valence electrons. The molecule has 0 radical (unpaired) electrons. The van der Waals surface area contributed by atoms with Crippen molar-refractivity contribution in [3.05, 3.63) is 45.3 Å². The molecule has 0 bridgehead atoms. The highest BCUT2D eigenvalue weighted by Gasteiger charge is 2.22. The number of carbonyl (C=O) groups excluding carboxylic acids is 1. The fourth-order valence-corrected chi connectivity index (χ4v) is 5.97. The molecule has 0 fully saturated rings. The summed E-state index contributed by atoms with van der Waals surface area (Å²) in [5, 5.41) is 14.3. The summed E-state index contributed by atoms with van der Waals surface area (Å²) in [5.74, 6) is -0.0150. The van der Waals surface area contributed by atoms with Crippen LogP contribution >= 0.6 is 22.7 Å². The van der Waals surface area contributed by atoms with Gasteiger partial charge in [-0.1, -0.05) is 12.1 Å². The van der Waals surface area contributed by atoms with Crippen LogP contribution in [0.4, 0.5) is 5.00 Å². The molecule has 28 heavy (non-hydrogen) atoms. The van der Waals surface area contributed by atoms with E-state index in [2.05, 4.69) is 29.5 Å². The number of aryl methyl sites for hydroxylation is 1. The van der Waals surface area contributed by atoms with E-state index in [9.17, 15) is 10.1 Å². The Kier molecular flexibility index (Phi) is 5.72. The number of fused-ring (bicyclic) bond motifs is 2. The number of quaternary nitrogens is 1. The number of aromatic nitrogens is 1. The van der Waals surface area contributed by atoms with Crippen molar-refractivity contribution in [3.8, 4) is 6.07 Å². The zero-order valence-electron chi connectivity index (χ0n) is 15.9. The van der Waals surface area contributed by atoms with Crippen molar-refractivity contribution in [2.45, 2.75) is 38.6 Å². The van der Waals surface area contributed by atoms with E-state index in [0.29, 0.717) is 12.0 Å². The van der Waals surface area contributed by atoms with Gasteiger partial charge in [0.05, 0.1) is 35.8 Å². The molecule has 1 aliphatic rings. The van der Waals surface area contributed by atoms with Crippen LogP contribution < -0.4 is 10.2 Å². The van der Waals surface area contributed by atoms with Crippen molar-refractivity contribution in [1.29, 1.82) is 5.26 Å². The average Bonchev–Trinajstić information content (AvgIpc) is 3.26. The van der Waals surface area contributed by atoms with E-state index in [1.807, 2.05) is 18.2 Å². The maximum absolute atomic E-state index is 12.5. The molecule has 1 aromatic carbocycles. The Labute approximate surface area is 172 Å². The molecule has 0 saturated heterocycles. The van der Waals surface area contributed by atoms with Gasteiger partial charge < -0.3 is 10.2 Å². The van der Waals surface area contributed by atoms with Gasteiger partial charge in [0.1, 0.15) is 22.6 Å². The van der Waals surface area contributed by atoms with Crippen molar-refractivity contribution in [2.75, 3.05) is 18.9 Å². The van der Waals surface area contributed by atoms with Gasteiger partial charge in [-0.15, -0.1) is 22.7 Å². The van der Waals surface area contributed by atoms with Crippen LogP contribution in [0.5, 0.6) is 0 Å². The normalized spacial score (nSPS) is 14.4. The van der Waals surface area contributed by atoms with Gasteiger partial charge >= 0.3 is 0 Å². The first kappa shape index (κ1) is 19.1. The molecule has 0 saturated carbocycles. The lowest BCUT2D eigenvalue weighted by Crippen LogP contribution is -3.07.